The van der Waals surface area contributed by atoms with Crippen LogP contribution in [0.25, 0.3) is 0 Å². The lowest BCUT2D eigenvalue weighted by Crippen LogP contribution is -2.47. The lowest BCUT2D eigenvalue weighted by molar-refractivity contribution is 0.170. The van der Waals surface area contributed by atoms with Gasteiger partial charge in [-0.05, 0) is 43.9 Å². The fraction of sp³-hybridized carbons (Fsp3) is 0.923. The molecule has 3 nitrogen and oxygen atoms in total. The van der Waals surface area contributed by atoms with Gasteiger partial charge in [-0.15, -0.1) is 0 Å². The Labute approximate surface area is 98.6 Å². The smallest absolute Gasteiger partial charge is 0.317 e. The predicted molar refractivity (Wildman–Crippen MR) is 65.3 cm³/mol. The van der Waals surface area contributed by atoms with Gasteiger partial charge < -0.3 is 10.2 Å². The molecule has 2 amide bonds. The molecule has 2 rings (SSSR count). The zero-order chi connectivity index (χ0) is 11.5. The van der Waals surface area contributed by atoms with E-state index in [4.69, 9.17) is 0 Å². The first-order valence-electron chi connectivity index (χ1n) is 6.70. The number of likely N-dealkylation sites (tertiary alicyclic amines) is 1. The summed E-state index contributed by atoms with van der Waals surface area (Å²) < 4.78 is 0. The van der Waals surface area contributed by atoms with Gasteiger partial charge in [0.1, 0.15) is 0 Å². The van der Waals surface area contributed by atoms with Crippen LogP contribution in [0.3, 0.4) is 0 Å². The average Bonchev–Trinajstić information content (AvgIpc) is 2.65. The molecule has 3 heteroatoms. The van der Waals surface area contributed by atoms with E-state index in [2.05, 4.69) is 19.2 Å². The number of nitrogens with zero attached hydrogens (tertiary/aromatic N) is 1. The standard InChI is InChI=1S/C13H24N2O/c1-10-5-7-15(8-6-10)13(16)14-12-4-3-11(2)9-12/h10-12H,3-9H2,1-2H3,(H,14,16). The van der Waals surface area contributed by atoms with E-state index in [0.717, 1.165) is 50.6 Å². The monoisotopic (exact) mass is 224 g/mol. The third-order valence-electron chi connectivity index (χ3n) is 4.09. The summed E-state index contributed by atoms with van der Waals surface area (Å²) in [5.41, 5.74) is 0. The first-order valence-corrected chi connectivity index (χ1v) is 6.70. The summed E-state index contributed by atoms with van der Waals surface area (Å²) >= 11 is 0. The Kier molecular flexibility index (Phi) is 3.72. The van der Waals surface area contributed by atoms with Crippen molar-refractivity contribution < 1.29 is 4.79 Å². The van der Waals surface area contributed by atoms with E-state index in [1.165, 1.54) is 6.42 Å². The van der Waals surface area contributed by atoms with Crippen molar-refractivity contribution in [2.75, 3.05) is 13.1 Å². The minimum atomic E-state index is 0.172. The molecule has 0 aromatic carbocycles. The van der Waals surface area contributed by atoms with Crippen molar-refractivity contribution in [1.82, 2.24) is 10.2 Å². The van der Waals surface area contributed by atoms with E-state index < -0.39 is 0 Å². The summed E-state index contributed by atoms with van der Waals surface area (Å²) in [4.78, 5) is 14.0. The normalized spacial score (nSPS) is 31.8. The van der Waals surface area contributed by atoms with Gasteiger partial charge in [-0.2, -0.15) is 0 Å². The summed E-state index contributed by atoms with van der Waals surface area (Å²) in [5, 5.41) is 3.18. The molecule has 0 spiro atoms. The Balaban J connectivity index is 1.75. The zero-order valence-corrected chi connectivity index (χ0v) is 10.5. The number of urea groups is 1. The summed E-state index contributed by atoms with van der Waals surface area (Å²) in [7, 11) is 0. The van der Waals surface area contributed by atoms with Crippen LogP contribution in [-0.4, -0.2) is 30.1 Å². The maximum absolute atomic E-state index is 12.0. The van der Waals surface area contributed by atoms with Crippen LogP contribution in [0, 0.1) is 11.8 Å². The van der Waals surface area contributed by atoms with Crippen molar-refractivity contribution in [2.24, 2.45) is 11.8 Å². The highest BCUT2D eigenvalue weighted by atomic mass is 16.2. The van der Waals surface area contributed by atoms with E-state index in [0.29, 0.717) is 6.04 Å². The highest BCUT2D eigenvalue weighted by molar-refractivity contribution is 5.74. The van der Waals surface area contributed by atoms with Crippen LogP contribution in [0.5, 0.6) is 0 Å². The first-order chi connectivity index (χ1) is 7.65. The van der Waals surface area contributed by atoms with Crippen LogP contribution in [0.15, 0.2) is 0 Å². The molecule has 2 aliphatic rings. The first kappa shape index (κ1) is 11.7. The molecule has 1 saturated heterocycles. The summed E-state index contributed by atoms with van der Waals surface area (Å²) in [6, 6.07) is 0.604. The summed E-state index contributed by atoms with van der Waals surface area (Å²) in [6.07, 6.45) is 5.91. The number of hydrogen-bond donors (Lipinski definition) is 1. The lowest BCUT2D eigenvalue weighted by atomic mass is 10.00. The van der Waals surface area contributed by atoms with Gasteiger partial charge in [-0.3, -0.25) is 0 Å². The van der Waals surface area contributed by atoms with Crippen molar-refractivity contribution in [3.8, 4) is 0 Å². The molecule has 16 heavy (non-hydrogen) atoms. The van der Waals surface area contributed by atoms with Gasteiger partial charge in [0.05, 0.1) is 0 Å². The molecule has 1 N–H and O–H groups in total. The van der Waals surface area contributed by atoms with Crippen LogP contribution >= 0.6 is 0 Å². The highest BCUT2D eigenvalue weighted by Crippen LogP contribution is 2.25. The Bertz CT molecular complexity index is 246. The third-order valence-corrected chi connectivity index (χ3v) is 4.09. The second-order valence-corrected chi connectivity index (χ2v) is 5.73. The Morgan fingerprint density at radius 3 is 2.31 bits per heavy atom. The fourth-order valence-corrected chi connectivity index (χ4v) is 2.82. The molecule has 0 radical (unpaired) electrons. The molecule has 0 aromatic rings. The predicted octanol–water partition coefficient (Wildman–Crippen LogP) is 2.62. The lowest BCUT2D eigenvalue weighted by Gasteiger charge is -2.31. The summed E-state index contributed by atoms with van der Waals surface area (Å²) in [5.74, 6) is 1.57. The third kappa shape index (κ3) is 2.89. The van der Waals surface area contributed by atoms with Gasteiger partial charge in [0.15, 0.2) is 0 Å². The van der Waals surface area contributed by atoms with E-state index in [9.17, 15) is 4.79 Å². The molecule has 1 aliphatic carbocycles. The zero-order valence-electron chi connectivity index (χ0n) is 10.5. The Morgan fingerprint density at radius 1 is 1.06 bits per heavy atom. The number of piperidine rings is 1. The number of nitrogens with one attached hydrogen (secondary N) is 1. The largest absolute Gasteiger partial charge is 0.335 e. The van der Waals surface area contributed by atoms with Gasteiger partial charge >= 0.3 is 6.03 Å². The second kappa shape index (κ2) is 5.07. The number of rotatable bonds is 1. The molecule has 0 bridgehead atoms. The van der Waals surface area contributed by atoms with Crippen molar-refractivity contribution in [1.29, 1.82) is 0 Å². The fourth-order valence-electron chi connectivity index (χ4n) is 2.82. The van der Waals surface area contributed by atoms with Gasteiger partial charge in [-0.25, -0.2) is 4.79 Å². The van der Waals surface area contributed by atoms with Crippen LogP contribution in [-0.2, 0) is 0 Å². The molecule has 1 saturated carbocycles. The van der Waals surface area contributed by atoms with Crippen molar-refractivity contribution >= 4 is 6.03 Å². The van der Waals surface area contributed by atoms with Crippen LogP contribution in [0.2, 0.25) is 0 Å². The van der Waals surface area contributed by atoms with Crippen LogP contribution < -0.4 is 5.32 Å². The molecule has 2 fully saturated rings. The Hall–Kier alpha value is -0.730. The molecule has 92 valence electrons. The number of carbonyl (C=O) groups excluding carboxylic acids is 1. The minimum absolute atomic E-state index is 0.172. The molecular formula is C13H24N2O. The van der Waals surface area contributed by atoms with Crippen molar-refractivity contribution in [3.63, 3.8) is 0 Å². The Morgan fingerprint density at radius 2 is 1.75 bits per heavy atom. The van der Waals surface area contributed by atoms with E-state index in [-0.39, 0.29) is 6.03 Å². The molecular weight excluding hydrogens is 200 g/mol. The number of amides is 2. The highest BCUT2D eigenvalue weighted by Gasteiger charge is 2.26. The van der Waals surface area contributed by atoms with E-state index in [1.54, 1.807) is 0 Å². The topological polar surface area (TPSA) is 32.3 Å². The van der Waals surface area contributed by atoms with Gasteiger partial charge in [-0.1, -0.05) is 13.8 Å². The second-order valence-electron chi connectivity index (χ2n) is 5.73. The van der Waals surface area contributed by atoms with E-state index >= 15 is 0 Å². The average molecular weight is 224 g/mol. The molecule has 0 aromatic heterocycles. The maximum Gasteiger partial charge on any atom is 0.317 e. The molecule has 1 aliphatic heterocycles. The SMILES string of the molecule is CC1CCN(C(=O)NC2CCC(C)C2)CC1. The number of carbonyl (C=O) groups is 1. The summed E-state index contributed by atoms with van der Waals surface area (Å²) in [6.45, 7) is 6.42. The quantitative estimate of drug-likeness (QED) is 0.729. The van der Waals surface area contributed by atoms with Gasteiger partial charge in [0.2, 0.25) is 0 Å². The molecule has 1 heterocycles. The van der Waals surface area contributed by atoms with Gasteiger partial charge in [0.25, 0.3) is 0 Å². The van der Waals surface area contributed by atoms with Crippen molar-refractivity contribution in [3.05, 3.63) is 0 Å². The van der Waals surface area contributed by atoms with Gasteiger partial charge in [0, 0.05) is 19.1 Å². The minimum Gasteiger partial charge on any atom is -0.335 e. The van der Waals surface area contributed by atoms with Crippen molar-refractivity contribution in [2.45, 2.75) is 52.0 Å². The molecule has 2 unspecified atom stereocenters. The molecule has 2 atom stereocenters. The number of hydrogen-bond acceptors (Lipinski definition) is 1. The van der Waals surface area contributed by atoms with Crippen LogP contribution in [0.1, 0.15) is 46.0 Å². The van der Waals surface area contributed by atoms with Crippen LogP contribution in [0.4, 0.5) is 4.79 Å². The maximum atomic E-state index is 12.0. The van der Waals surface area contributed by atoms with E-state index in [1.807, 2.05) is 4.90 Å².